The zero-order chi connectivity index (χ0) is 22.0. The molecule has 1 atom stereocenters. The number of aryl methyl sites for hydroxylation is 1. The molecule has 9 nitrogen and oxygen atoms in total. The standard InChI is InChI=1S/C21H26N6O3S/c1-13-4-5-15(8-16(13)17-9-23-19-18(22)24-12-25-27(17)19)31(29,30)26-21-7-3-6-20(10-21,11-21)14(2)28/h4-5,8-9,12,14,26,28H,3,6-7,10-11H2,1-2H3,(H2,22,24,25). The van der Waals surface area contributed by atoms with Gasteiger partial charge in [0.05, 0.1) is 22.9 Å². The predicted octanol–water partition coefficient (Wildman–Crippen LogP) is 2.04. The molecule has 0 spiro atoms. The molecule has 3 saturated carbocycles. The van der Waals surface area contributed by atoms with Crippen LogP contribution in [0.4, 0.5) is 5.82 Å². The average Bonchev–Trinajstić information content (AvgIpc) is 3.12. The molecule has 4 N–H and O–H groups in total. The highest BCUT2D eigenvalue weighted by Crippen LogP contribution is 2.60. The minimum Gasteiger partial charge on any atom is -0.393 e. The molecule has 3 aromatic rings. The van der Waals surface area contributed by atoms with Crippen molar-refractivity contribution in [3.05, 3.63) is 36.3 Å². The van der Waals surface area contributed by atoms with E-state index in [1.165, 1.54) is 6.33 Å². The van der Waals surface area contributed by atoms with Gasteiger partial charge in [-0.15, -0.1) is 0 Å². The van der Waals surface area contributed by atoms with Gasteiger partial charge in [0.1, 0.15) is 6.33 Å². The Balaban J connectivity index is 1.49. The summed E-state index contributed by atoms with van der Waals surface area (Å²) in [5.41, 5.74) is 7.93. The average molecular weight is 443 g/mol. The molecule has 31 heavy (non-hydrogen) atoms. The van der Waals surface area contributed by atoms with E-state index in [1.807, 2.05) is 13.8 Å². The first kappa shape index (κ1) is 20.3. The van der Waals surface area contributed by atoms with Gasteiger partial charge in [-0.2, -0.15) is 5.10 Å². The van der Waals surface area contributed by atoms with E-state index in [0.29, 0.717) is 29.7 Å². The smallest absolute Gasteiger partial charge is 0.241 e. The number of fused-ring (bicyclic) bond motifs is 3. The van der Waals surface area contributed by atoms with Crippen molar-refractivity contribution in [3.63, 3.8) is 0 Å². The third-order valence-corrected chi connectivity index (χ3v) is 8.65. The molecule has 10 heteroatoms. The molecule has 2 aromatic heterocycles. The molecule has 1 aromatic carbocycles. The molecule has 0 radical (unpaired) electrons. The van der Waals surface area contributed by atoms with Crippen LogP contribution in [0.1, 0.15) is 44.6 Å². The van der Waals surface area contributed by atoms with Crippen LogP contribution in [-0.2, 0) is 10.0 Å². The predicted molar refractivity (Wildman–Crippen MR) is 116 cm³/mol. The summed E-state index contributed by atoms with van der Waals surface area (Å²) in [5, 5.41) is 14.4. The number of anilines is 1. The van der Waals surface area contributed by atoms with Crippen LogP contribution in [-0.4, -0.2) is 44.7 Å². The van der Waals surface area contributed by atoms with Crippen molar-refractivity contribution in [2.75, 3.05) is 5.73 Å². The lowest BCUT2D eigenvalue weighted by Gasteiger charge is -2.62. The monoisotopic (exact) mass is 442 g/mol. The first-order valence-electron chi connectivity index (χ1n) is 10.4. The van der Waals surface area contributed by atoms with Gasteiger partial charge in [0.15, 0.2) is 11.5 Å². The Morgan fingerprint density at radius 2 is 2.03 bits per heavy atom. The second kappa shape index (κ2) is 6.72. The van der Waals surface area contributed by atoms with Gasteiger partial charge in [0.25, 0.3) is 0 Å². The SMILES string of the molecule is Cc1ccc(S(=O)(=O)NC23CCCC(C(C)O)(C2)C3)cc1-c1cnc2c(N)ncnn12. The molecule has 3 fully saturated rings. The maximum atomic E-state index is 13.3. The number of sulfonamides is 1. The van der Waals surface area contributed by atoms with Gasteiger partial charge in [0, 0.05) is 11.1 Å². The normalized spacial score (nSPS) is 26.5. The number of hydrogen-bond donors (Lipinski definition) is 3. The minimum absolute atomic E-state index is 0.157. The summed E-state index contributed by atoms with van der Waals surface area (Å²) >= 11 is 0. The van der Waals surface area contributed by atoms with E-state index >= 15 is 0 Å². The van der Waals surface area contributed by atoms with Gasteiger partial charge in [0.2, 0.25) is 10.0 Å². The Kier molecular flexibility index (Phi) is 4.41. The quantitative estimate of drug-likeness (QED) is 0.550. The summed E-state index contributed by atoms with van der Waals surface area (Å²) in [4.78, 5) is 8.43. The number of benzene rings is 1. The topological polar surface area (TPSA) is 136 Å². The lowest BCUT2D eigenvalue weighted by atomic mass is 9.48. The van der Waals surface area contributed by atoms with Gasteiger partial charge in [-0.05, 0) is 62.6 Å². The number of nitrogens with two attached hydrogens (primary N) is 1. The first-order valence-corrected chi connectivity index (χ1v) is 11.9. The van der Waals surface area contributed by atoms with Gasteiger partial charge in [-0.1, -0.05) is 12.5 Å². The summed E-state index contributed by atoms with van der Waals surface area (Å²) in [5.74, 6) is 0.257. The molecule has 3 aliphatic carbocycles. The molecule has 0 amide bonds. The highest BCUT2D eigenvalue weighted by Gasteiger charge is 2.60. The van der Waals surface area contributed by atoms with Crippen molar-refractivity contribution in [1.82, 2.24) is 24.3 Å². The van der Waals surface area contributed by atoms with E-state index in [9.17, 15) is 13.5 Å². The van der Waals surface area contributed by atoms with Crippen LogP contribution in [0.2, 0.25) is 0 Å². The fourth-order valence-electron chi connectivity index (χ4n) is 5.46. The Morgan fingerprint density at radius 3 is 2.77 bits per heavy atom. The molecule has 2 bridgehead atoms. The Labute approximate surface area is 180 Å². The summed E-state index contributed by atoms with van der Waals surface area (Å²) in [6.45, 7) is 3.72. The maximum Gasteiger partial charge on any atom is 0.241 e. The molecule has 2 heterocycles. The molecular formula is C21H26N6O3S. The van der Waals surface area contributed by atoms with E-state index in [2.05, 4.69) is 19.8 Å². The number of aromatic nitrogens is 4. The van der Waals surface area contributed by atoms with Crippen LogP contribution in [0.15, 0.2) is 35.6 Å². The van der Waals surface area contributed by atoms with Crippen molar-refractivity contribution < 1.29 is 13.5 Å². The highest BCUT2D eigenvalue weighted by atomic mass is 32.2. The second-order valence-electron chi connectivity index (χ2n) is 9.13. The molecule has 0 saturated heterocycles. The van der Waals surface area contributed by atoms with E-state index in [0.717, 1.165) is 24.8 Å². The second-order valence-corrected chi connectivity index (χ2v) is 10.8. The minimum atomic E-state index is -3.74. The first-order chi connectivity index (χ1) is 14.6. The molecule has 6 rings (SSSR count). The third kappa shape index (κ3) is 3.12. The summed E-state index contributed by atoms with van der Waals surface area (Å²) in [6.07, 6.45) is 6.55. The third-order valence-electron chi connectivity index (χ3n) is 7.07. The van der Waals surface area contributed by atoms with Gasteiger partial charge in [-0.3, -0.25) is 0 Å². The number of aliphatic hydroxyl groups is 1. The van der Waals surface area contributed by atoms with Crippen molar-refractivity contribution in [2.45, 2.75) is 62.5 Å². The van der Waals surface area contributed by atoms with Gasteiger partial charge in [-0.25, -0.2) is 27.6 Å². The van der Waals surface area contributed by atoms with Crippen LogP contribution in [0.3, 0.4) is 0 Å². The van der Waals surface area contributed by atoms with E-state index in [4.69, 9.17) is 5.73 Å². The Hall–Kier alpha value is -2.56. The Bertz CT molecular complexity index is 1280. The Morgan fingerprint density at radius 1 is 1.26 bits per heavy atom. The molecule has 0 aliphatic heterocycles. The van der Waals surface area contributed by atoms with Crippen LogP contribution in [0.5, 0.6) is 0 Å². The highest BCUT2D eigenvalue weighted by molar-refractivity contribution is 7.89. The summed E-state index contributed by atoms with van der Waals surface area (Å²) in [6, 6.07) is 5.06. The molecule has 164 valence electrons. The number of rotatable bonds is 5. The zero-order valence-electron chi connectivity index (χ0n) is 17.5. The lowest BCUT2D eigenvalue weighted by Crippen LogP contribution is -2.67. The van der Waals surface area contributed by atoms with Gasteiger partial charge < -0.3 is 10.8 Å². The van der Waals surface area contributed by atoms with Crippen molar-refractivity contribution in [3.8, 4) is 11.3 Å². The number of nitrogens with zero attached hydrogens (tertiary/aromatic N) is 4. The van der Waals surface area contributed by atoms with Crippen LogP contribution in [0.25, 0.3) is 16.9 Å². The maximum absolute atomic E-state index is 13.3. The van der Waals surface area contributed by atoms with Crippen LogP contribution < -0.4 is 10.5 Å². The van der Waals surface area contributed by atoms with Crippen molar-refractivity contribution >= 4 is 21.5 Å². The largest absolute Gasteiger partial charge is 0.393 e. The molecule has 1 unspecified atom stereocenters. The number of imidazole rings is 1. The lowest BCUT2D eigenvalue weighted by molar-refractivity contribution is -0.116. The fourth-order valence-corrected chi connectivity index (χ4v) is 6.92. The van der Waals surface area contributed by atoms with E-state index in [1.54, 1.807) is 28.9 Å². The number of nitrogen functional groups attached to an aromatic ring is 1. The number of aliphatic hydroxyl groups excluding tert-OH is 1. The number of hydrogen-bond acceptors (Lipinski definition) is 7. The van der Waals surface area contributed by atoms with Crippen molar-refractivity contribution in [1.29, 1.82) is 0 Å². The van der Waals surface area contributed by atoms with E-state index in [-0.39, 0.29) is 16.1 Å². The number of nitrogens with one attached hydrogen (secondary N) is 1. The molecular weight excluding hydrogens is 416 g/mol. The van der Waals surface area contributed by atoms with Crippen LogP contribution >= 0.6 is 0 Å². The molecule has 3 aliphatic rings. The van der Waals surface area contributed by atoms with Gasteiger partial charge >= 0.3 is 0 Å². The fraction of sp³-hybridized carbons (Fsp3) is 0.476. The van der Waals surface area contributed by atoms with Crippen LogP contribution in [0, 0.1) is 12.3 Å². The zero-order valence-corrected chi connectivity index (χ0v) is 18.4. The van der Waals surface area contributed by atoms with E-state index < -0.39 is 21.7 Å². The summed E-state index contributed by atoms with van der Waals surface area (Å²) < 4.78 is 31.2. The summed E-state index contributed by atoms with van der Waals surface area (Å²) in [7, 11) is -3.74. The van der Waals surface area contributed by atoms with Crippen molar-refractivity contribution in [2.24, 2.45) is 5.41 Å².